The SMILES string of the molecule is COc1cc(C(=O)N2CCOCC2CO)cc(OC)c1C. The molecule has 1 aromatic rings. The second-order valence-electron chi connectivity index (χ2n) is 4.92. The van der Waals surface area contributed by atoms with Gasteiger partial charge in [0, 0.05) is 17.7 Å². The Morgan fingerprint density at radius 1 is 1.38 bits per heavy atom. The van der Waals surface area contributed by atoms with Crippen molar-refractivity contribution in [3.8, 4) is 11.5 Å². The predicted molar refractivity (Wildman–Crippen MR) is 77.0 cm³/mol. The molecule has 6 heteroatoms. The summed E-state index contributed by atoms with van der Waals surface area (Å²) in [5.74, 6) is 1.05. The summed E-state index contributed by atoms with van der Waals surface area (Å²) < 4.78 is 15.9. The van der Waals surface area contributed by atoms with E-state index in [0.29, 0.717) is 36.8 Å². The summed E-state index contributed by atoms with van der Waals surface area (Å²) in [6, 6.07) is 3.08. The first-order valence-corrected chi connectivity index (χ1v) is 6.84. The molecule has 1 unspecified atom stereocenters. The smallest absolute Gasteiger partial charge is 0.254 e. The minimum absolute atomic E-state index is 0.119. The van der Waals surface area contributed by atoms with E-state index in [4.69, 9.17) is 14.2 Å². The zero-order valence-corrected chi connectivity index (χ0v) is 12.6. The molecule has 1 saturated heterocycles. The van der Waals surface area contributed by atoms with Gasteiger partial charge in [-0.2, -0.15) is 0 Å². The Morgan fingerprint density at radius 2 is 2.00 bits per heavy atom. The lowest BCUT2D eigenvalue weighted by Crippen LogP contribution is -2.50. The van der Waals surface area contributed by atoms with E-state index in [1.807, 2.05) is 6.92 Å². The van der Waals surface area contributed by atoms with Crippen LogP contribution in [0.1, 0.15) is 15.9 Å². The van der Waals surface area contributed by atoms with E-state index < -0.39 is 0 Å². The average molecular weight is 295 g/mol. The second-order valence-corrected chi connectivity index (χ2v) is 4.92. The predicted octanol–water partition coefficient (Wildman–Crippen LogP) is 0.846. The number of carbonyl (C=O) groups excluding carboxylic acids is 1. The summed E-state index contributed by atoms with van der Waals surface area (Å²) in [5, 5.41) is 9.38. The molecule has 1 heterocycles. The molecule has 6 nitrogen and oxygen atoms in total. The molecule has 0 bridgehead atoms. The number of methoxy groups -OCH3 is 2. The van der Waals surface area contributed by atoms with Crippen LogP contribution in [0.15, 0.2) is 12.1 Å². The summed E-state index contributed by atoms with van der Waals surface area (Å²) in [6.07, 6.45) is 0. The van der Waals surface area contributed by atoms with Crippen LogP contribution < -0.4 is 9.47 Å². The fourth-order valence-corrected chi connectivity index (χ4v) is 2.45. The highest BCUT2D eigenvalue weighted by atomic mass is 16.5. The van der Waals surface area contributed by atoms with Crippen LogP contribution in [0.5, 0.6) is 11.5 Å². The Morgan fingerprint density at radius 3 is 2.52 bits per heavy atom. The number of hydrogen-bond donors (Lipinski definition) is 1. The van der Waals surface area contributed by atoms with Gasteiger partial charge in [-0.25, -0.2) is 0 Å². The number of nitrogens with zero attached hydrogens (tertiary/aromatic N) is 1. The molecule has 1 fully saturated rings. The van der Waals surface area contributed by atoms with E-state index in [-0.39, 0.29) is 18.6 Å². The van der Waals surface area contributed by atoms with Crippen molar-refractivity contribution in [2.24, 2.45) is 0 Å². The summed E-state index contributed by atoms with van der Waals surface area (Å²) in [7, 11) is 3.11. The monoisotopic (exact) mass is 295 g/mol. The van der Waals surface area contributed by atoms with E-state index in [1.54, 1.807) is 31.3 Å². The number of benzene rings is 1. The van der Waals surface area contributed by atoms with Gasteiger partial charge in [0.15, 0.2) is 0 Å². The Labute approximate surface area is 124 Å². The lowest BCUT2D eigenvalue weighted by molar-refractivity contribution is -0.0184. The van der Waals surface area contributed by atoms with Gasteiger partial charge < -0.3 is 24.2 Å². The summed E-state index contributed by atoms with van der Waals surface area (Å²) in [4.78, 5) is 14.3. The molecule has 1 aliphatic heterocycles. The van der Waals surface area contributed by atoms with Gasteiger partial charge >= 0.3 is 0 Å². The third-order valence-electron chi connectivity index (χ3n) is 3.70. The van der Waals surface area contributed by atoms with Crippen molar-refractivity contribution in [1.29, 1.82) is 0 Å². The molecule has 0 radical (unpaired) electrons. The van der Waals surface area contributed by atoms with Gasteiger partial charge in [0.2, 0.25) is 0 Å². The highest BCUT2D eigenvalue weighted by molar-refractivity contribution is 5.95. The maximum Gasteiger partial charge on any atom is 0.254 e. The van der Waals surface area contributed by atoms with Crippen LogP contribution in [0, 0.1) is 6.92 Å². The van der Waals surface area contributed by atoms with Crippen molar-refractivity contribution in [2.45, 2.75) is 13.0 Å². The maximum absolute atomic E-state index is 12.7. The molecule has 1 atom stereocenters. The maximum atomic E-state index is 12.7. The van der Waals surface area contributed by atoms with Gasteiger partial charge in [-0.15, -0.1) is 0 Å². The fraction of sp³-hybridized carbons (Fsp3) is 0.533. The van der Waals surface area contributed by atoms with E-state index in [1.165, 1.54) is 0 Å². The minimum atomic E-state index is -0.315. The molecular formula is C15H21NO5. The van der Waals surface area contributed by atoms with Crippen molar-refractivity contribution in [3.63, 3.8) is 0 Å². The number of aliphatic hydroxyl groups is 1. The Balaban J connectivity index is 2.33. The molecule has 0 spiro atoms. The molecule has 1 aromatic carbocycles. The molecule has 1 amide bonds. The molecule has 0 aromatic heterocycles. The average Bonchev–Trinajstić information content (AvgIpc) is 2.54. The largest absolute Gasteiger partial charge is 0.496 e. The van der Waals surface area contributed by atoms with E-state index in [2.05, 4.69) is 0 Å². The Bertz CT molecular complexity index is 492. The van der Waals surface area contributed by atoms with Crippen molar-refractivity contribution < 1.29 is 24.1 Å². The van der Waals surface area contributed by atoms with Crippen LogP contribution in [-0.2, 0) is 4.74 Å². The van der Waals surface area contributed by atoms with Gasteiger partial charge in [0.05, 0.1) is 40.1 Å². The number of rotatable bonds is 4. The van der Waals surface area contributed by atoms with E-state index in [9.17, 15) is 9.90 Å². The van der Waals surface area contributed by atoms with Crippen LogP contribution in [-0.4, -0.2) is 62.5 Å². The first-order valence-electron chi connectivity index (χ1n) is 6.84. The van der Waals surface area contributed by atoms with Crippen molar-refractivity contribution in [2.75, 3.05) is 40.6 Å². The highest BCUT2D eigenvalue weighted by Gasteiger charge is 2.28. The number of morpholine rings is 1. The lowest BCUT2D eigenvalue weighted by Gasteiger charge is -2.34. The first kappa shape index (κ1) is 15.6. The zero-order valence-electron chi connectivity index (χ0n) is 12.6. The molecule has 1 N–H and O–H groups in total. The molecule has 116 valence electrons. The van der Waals surface area contributed by atoms with Crippen LogP contribution in [0.4, 0.5) is 0 Å². The number of carbonyl (C=O) groups is 1. The van der Waals surface area contributed by atoms with E-state index >= 15 is 0 Å². The number of ether oxygens (including phenoxy) is 3. The van der Waals surface area contributed by atoms with Crippen molar-refractivity contribution in [3.05, 3.63) is 23.3 Å². The van der Waals surface area contributed by atoms with Gasteiger partial charge in [-0.05, 0) is 19.1 Å². The first-order chi connectivity index (χ1) is 10.1. The van der Waals surface area contributed by atoms with Crippen LogP contribution in [0.2, 0.25) is 0 Å². The zero-order chi connectivity index (χ0) is 15.4. The van der Waals surface area contributed by atoms with Crippen LogP contribution >= 0.6 is 0 Å². The molecular weight excluding hydrogens is 274 g/mol. The summed E-state index contributed by atoms with van der Waals surface area (Å²) in [5.41, 5.74) is 1.33. The molecule has 1 aliphatic rings. The summed E-state index contributed by atoms with van der Waals surface area (Å²) >= 11 is 0. The Hall–Kier alpha value is -1.79. The topological polar surface area (TPSA) is 68.2 Å². The number of aliphatic hydroxyl groups excluding tert-OH is 1. The number of hydrogen-bond acceptors (Lipinski definition) is 5. The van der Waals surface area contributed by atoms with Gasteiger partial charge in [-0.1, -0.05) is 0 Å². The summed E-state index contributed by atoms with van der Waals surface area (Å²) in [6.45, 7) is 3.04. The lowest BCUT2D eigenvalue weighted by atomic mass is 10.1. The van der Waals surface area contributed by atoms with Crippen molar-refractivity contribution in [1.82, 2.24) is 4.90 Å². The quantitative estimate of drug-likeness (QED) is 0.891. The second kappa shape index (κ2) is 6.78. The third kappa shape index (κ3) is 3.11. The third-order valence-corrected chi connectivity index (χ3v) is 3.70. The van der Waals surface area contributed by atoms with Crippen molar-refractivity contribution >= 4 is 5.91 Å². The molecule has 2 rings (SSSR count). The standard InChI is InChI=1S/C15H21NO5/c1-10-13(19-2)6-11(7-14(10)20-3)15(18)16-4-5-21-9-12(16)8-17/h6-7,12,17H,4-5,8-9H2,1-3H3. The van der Waals surface area contributed by atoms with E-state index in [0.717, 1.165) is 5.56 Å². The normalized spacial score (nSPS) is 18.5. The molecule has 21 heavy (non-hydrogen) atoms. The van der Waals surface area contributed by atoms with Crippen LogP contribution in [0.3, 0.4) is 0 Å². The fourth-order valence-electron chi connectivity index (χ4n) is 2.45. The van der Waals surface area contributed by atoms with Gasteiger partial charge in [0.25, 0.3) is 5.91 Å². The highest BCUT2D eigenvalue weighted by Crippen LogP contribution is 2.30. The molecule has 0 aliphatic carbocycles. The Kier molecular flexibility index (Phi) is 5.03. The van der Waals surface area contributed by atoms with Gasteiger partial charge in [0.1, 0.15) is 11.5 Å². The van der Waals surface area contributed by atoms with Gasteiger partial charge in [-0.3, -0.25) is 4.79 Å². The number of amides is 1. The molecule has 0 saturated carbocycles. The van der Waals surface area contributed by atoms with Crippen LogP contribution in [0.25, 0.3) is 0 Å². The minimum Gasteiger partial charge on any atom is -0.496 e.